The van der Waals surface area contributed by atoms with Crippen LogP contribution >= 0.6 is 11.6 Å². The Labute approximate surface area is 116 Å². The predicted octanol–water partition coefficient (Wildman–Crippen LogP) is 3.71. The number of halogens is 2. The van der Waals surface area contributed by atoms with E-state index in [1.807, 2.05) is 6.92 Å². The number of pyridine rings is 1. The number of aromatic nitrogens is 1. The lowest BCUT2D eigenvalue weighted by atomic mass is 9.97. The first kappa shape index (κ1) is 14.0. The van der Waals surface area contributed by atoms with Crippen molar-refractivity contribution in [3.05, 3.63) is 64.2 Å². The summed E-state index contributed by atoms with van der Waals surface area (Å²) >= 11 is 5.97. The maximum absolute atomic E-state index is 13.0. The number of nitrogens with zero attached hydrogens (tertiary/aromatic N) is 1. The molecule has 0 amide bonds. The van der Waals surface area contributed by atoms with Crippen LogP contribution in [0.5, 0.6) is 0 Å². The van der Waals surface area contributed by atoms with Crippen molar-refractivity contribution in [3.63, 3.8) is 0 Å². The van der Waals surface area contributed by atoms with Crippen LogP contribution in [0, 0.1) is 5.82 Å². The number of aryl methyl sites for hydroxylation is 1. The minimum atomic E-state index is -0.666. The summed E-state index contributed by atoms with van der Waals surface area (Å²) in [5.74, 6) is -0.374. The molecule has 0 bridgehead atoms. The van der Waals surface area contributed by atoms with Crippen LogP contribution < -0.4 is 0 Å². The molecule has 0 fully saturated rings. The quantitative estimate of drug-likeness (QED) is 0.925. The fourth-order valence-electron chi connectivity index (χ4n) is 2.06. The summed E-state index contributed by atoms with van der Waals surface area (Å²) < 4.78 is 13.0. The molecule has 0 aliphatic heterocycles. The fraction of sp³-hybridized carbons (Fsp3) is 0.267. The van der Waals surface area contributed by atoms with Gasteiger partial charge in [0, 0.05) is 23.8 Å². The molecule has 1 N–H and O–H groups in total. The molecule has 1 aromatic heterocycles. The van der Waals surface area contributed by atoms with Gasteiger partial charge in [-0.1, -0.05) is 24.6 Å². The zero-order valence-electron chi connectivity index (χ0n) is 10.6. The van der Waals surface area contributed by atoms with Crippen molar-refractivity contribution in [1.29, 1.82) is 0 Å². The minimum absolute atomic E-state index is 0.339. The van der Waals surface area contributed by atoms with Crippen molar-refractivity contribution in [3.8, 4) is 0 Å². The van der Waals surface area contributed by atoms with E-state index in [1.54, 1.807) is 24.5 Å². The van der Waals surface area contributed by atoms with Crippen molar-refractivity contribution in [2.75, 3.05) is 0 Å². The third-order valence-electron chi connectivity index (χ3n) is 3.11. The summed E-state index contributed by atoms with van der Waals surface area (Å²) in [5.41, 5.74) is 2.58. The van der Waals surface area contributed by atoms with Gasteiger partial charge in [-0.05, 0) is 41.3 Å². The molecule has 2 rings (SSSR count). The van der Waals surface area contributed by atoms with Gasteiger partial charge in [0.25, 0.3) is 0 Å². The second kappa shape index (κ2) is 6.13. The number of benzene rings is 1. The van der Waals surface area contributed by atoms with E-state index >= 15 is 0 Å². The molecule has 0 aliphatic rings. The van der Waals surface area contributed by atoms with Crippen LogP contribution in [-0.2, 0) is 12.8 Å². The van der Waals surface area contributed by atoms with Gasteiger partial charge >= 0.3 is 0 Å². The number of rotatable bonds is 4. The highest BCUT2D eigenvalue weighted by atomic mass is 35.5. The maximum atomic E-state index is 13.0. The molecule has 0 saturated carbocycles. The predicted molar refractivity (Wildman–Crippen MR) is 73.7 cm³/mol. The lowest BCUT2D eigenvalue weighted by Gasteiger charge is -2.15. The van der Waals surface area contributed by atoms with Crippen LogP contribution in [0.3, 0.4) is 0 Å². The molecule has 19 heavy (non-hydrogen) atoms. The largest absolute Gasteiger partial charge is 0.388 e. The van der Waals surface area contributed by atoms with E-state index in [2.05, 4.69) is 4.98 Å². The molecule has 1 unspecified atom stereocenters. The third kappa shape index (κ3) is 3.31. The summed E-state index contributed by atoms with van der Waals surface area (Å²) in [5, 5.41) is 10.6. The molecule has 0 radical (unpaired) electrons. The Morgan fingerprint density at radius 1 is 1.32 bits per heavy atom. The Balaban J connectivity index is 2.23. The van der Waals surface area contributed by atoms with Gasteiger partial charge in [0.15, 0.2) is 0 Å². The molecule has 1 atom stereocenters. The fourth-order valence-corrected chi connectivity index (χ4v) is 2.31. The Kier molecular flexibility index (Phi) is 4.51. The topological polar surface area (TPSA) is 33.1 Å². The monoisotopic (exact) mass is 279 g/mol. The van der Waals surface area contributed by atoms with Crippen molar-refractivity contribution in [2.45, 2.75) is 25.9 Å². The number of aliphatic hydroxyl groups excluding tert-OH is 1. The Morgan fingerprint density at radius 3 is 2.79 bits per heavy atom. The van der Waals surface area contributed by atoms with E-state index < -0.39 is 6.10 Å². The lowest BCUT2D eigenvalue weighted by Crippen LogP contribution is -2.06. The summed E-state index contributed by atoms with van der Waals surface area (Å²) in [6.45, 7) is 2.01. The second-order valence-corrected chi connectivity index (χ2v) is 4.79. The first-order chi connectivity index (χ1) is 9.11. The number of aliphatic hydroxyl groups is 1. The highest BCUT2D eigenvalue weighted by molar-refractivity contribution is 6.31. The van der Waals surface area contributed by atoms with Gasteiger partial charge in [-0.2, -0.15) is 0 Å². The Morgan fingerprint density at radius 2 is 2.11 bits per heavy atom. The van der Waals surface area contributed by atoms with Crippen molar-refractivity contribution in [1.82, 2.24) is 4.98 Å². The van der Waals surface area contributed by atoms with Gasteiger partial charge in [0.1, 0.15) is 5.82 Å². The number of hydrogen-bond acceptors (Lipinski definition) is 2. The molecule has 100 valence electrons. The number of hydrogen-bond donors (Lipinski definition) is 1. The van der Waals surface area contributed by atoms with E-state index in [0.717, 1.165) is 23.1 Å². The lowest BCUT2D eigenvalue weighted by molar-refractivity contribution is 0.177. The highest BCUT2D eigenvalue weighted by Crippen LogP contribution is 2.26. The first-order valence-electron chi connectivity index (χ1n) is 6.16. The van der Waals surface area contributed by atoms with Crippen molar-refractivity contribution >= 4 is 11.6 Å². The van der Waals surface area contributed by atoms with Crippen LogP contribution in [0.1, 0.15) is 29.7 Å². The van der Waals surface area contributed by atoms with E-state index in [4.69, 9.17) is 11.6 Å². The molecule has 1 heterocycles. The van der Waals surface area contributed by atoms with Crippen LogP contribution in [0.25, 0.3) is 0 Å². The van der Waals surface area contributed by atoms with Gasteiger partial charge in [-0.15, -0.1) is 0 Å². The van der Waals surface area contributed by atoms with Gasteiger partial charge in [-0.3, -0.25) is 4.98 Å². The summed E-state index contributed by atoms with van der Waals surface area (Å²) in [7, 11) is 0. The van der Waals surface area contributed by atoms with Gasteiger partial charge in [-0.25, -0.2) is 4.39 Å². The zero-order valence-corrected chi connectivity index (χ0v) is 11.4. The smallest absolute Gasteiger partial charge is 0.124 e. The van der Waals surface area contributed by atoms with E-state index in [1.165, 1.54) is 12.1 Å². The molecule has 2 nitrogen and oxygen atoms in total. The van der Waals surface area contributed by atoms with Gasteiger partial charge in [0.2, 0.25) is 0 Å². The molecule has 0 aliphatic carbocycles. The molecule has 4 heteroatoms. The first-order valence-corrected chi connectivity index (χ1v) is 6.54. The molecular weight excluding hydrogens is 265 g/mol. The Bertz CT molecular complexity index is 574. The Hall–Kier alpha value is -1.45. The van der Waals surface area contributed by atoms with E-state index in [0.29, 0.717) is 11.4 Å². The van der Waals surface area contributed by atoms with Gasteiger partial charge < -0.3 is 5.11 Å². The molecule has 0 spiro atoms. The average molecular weight is 280 g/mol. The summed E-state index contributed by atoms with van der Waals surface area (Å²) in [4.78, 5) is 4.05. The molecule has 0 saturated heterocycles. The molecular formula is C15H15ClFNO. The minimum Gasteiger partial charge on any atom is -0.388 e. The maximum Gasteiger partial charge on any atom is 0.124 e. The van der Waals surface area contributed by atoms with Crippen LogP contribution in [0.15, 0.2) is 36.7 Å². The van der Waals surface area contributed by atoms with Crippen LogP contribution in [-0.4, -0.2) is 10.1 Å². The van der Waals surface area contributed by atoms with Crippen LogP contribution in [0.2, 0.25) is 5.02 Å². The molecule has 1 aromatic carbocycles. The van der Waals surface area contributed by atoms with E-state index in [9.17, 15) is 9.50 Å². The van der Waals surface area contributed by atoms with Gasteiger partial charge in [0.05, 0.1) is 6.10 Å². The zero-order chi connectivity index (χ0) is 13.8. The van der Waals surface area contributed by atoms with E-state index in [-0.39, 0.29) is 5.82 Å². The second-order valence-electron chi connectivity index (χ2n) is 4.38. The average Bonchev–Trinajstić information content (AvgIpc) is 2.41. The third-order valence-corrected chi connectivity index (χ3v) is 3.46. The van der Waals surface area contributed by atoms with Crippen LogP contribution in [0.4, 0.5) is 4.39 Å². The van der Waals surface area contributed by atoms with Crippen molar-refractivity contribution < 1.29 is 9.50 Å². The SMILES string of the molecule is CCc1cnccc1C(O)Cc1ccc(F)cc1Cl. The molecule has 2 aromatic rings. The standard InChI is InChI=1S/C15H15ClFNO/c1-2-10-9-18-6-5-13(10)15(19)7-11-3-4-12(17)8-14(11)16/h3-6,8-9,15,19H,2,7H2,1H3. The highest BCUT2D eigenvalue weighted by Gasteiger charge is 2.14. The summed E-state index contributed by atoms with van der Waals surface area (Å²) in [6, 6.07) is 6.02. The summed E-state index contributed by atoms with van der Waals surface area (Å²) in [6.07, 6.45) is 3.91. The van der Waals surface area contributed by atoms with Crippen molar-refractivity contribution in [2.24, 2.45) is 0 Å². The normalized spacial score (nSPS) is 12.4.